The van der Waals surface area contributed by atoms with Crippen LogP contribution in [0.2, 0.25) is 23.2 Å². The molecule has 1 aliphatic rings. The summed E-state index contributed by atoms with van der Waals surface area (Å²) < 4.78 is 46.0. The molecule has 0 aromatic heterocycles. The minimum Gasteiger partial charge on any atom is -0.497 e. The molecule has 4 aromatic rings. The van der Waals surface area contributed by atoms with Crippen LogP contribution in [0.15, 0.2) is 127 Å². The van der Waals surface area contributed by atoms with Crippen molar-refractivity contribution in [3.63, 3.8) is 0 Å². The molecule has 0 aliphatic carbocycles. The van der Waals surface area contributed by atoms with E-state index < -0.39 is 58.9 Å². The lowest BCUT2D eigenvalue weighted by atomic mass is 10.0. The summed E-state index contributed by atoms with van der Waals surface area (Å²) in [6.07, 6.45) is 1.58. The second-order valence-electron chi connectivity index (χ2n) is 18.8. The van der Waals surface area contributed by atoms with Crippen LogP contribution in [0, 0.1) is 0 Å². The van der Waals surface area contributed by atoms with E-state index in [2.05, 4.69) is 110 Å². The molecule has 1 fully saturated rings. The van der Waals surface area contributed by atoms with Gasteiger partial charge in [-0.25, -0.2) is 4.79 Å². The van der Waals surface area contributed by atoms with Gasteiger partial charge in [0, 0.05) is 6.61 Å². The summed E-state index contributed by atoms with van der Waals surface area (Å²) >= 11 is 0. The summed E-state index contributed by atoms with van der Waals surface area (Å²) in [5.41, 5.74) is 1.43. The molecule has 10 heteroatoms. The van der Waals surface area contributed by atoms with E-state index in [1.165, 1.54) is 10.4 Å². The van der Waals surface area contributed by atoms with Crippen LogP contribution in [0.25, 0.3) is 0 Å². The van der Waals surface area contributed by atoms with Crippen molar-refractivity contribution in [1.82, 2.24) is 0 Å². The van der Waals surface area contributed by atoms with Gasteiger partial charge in [-0.2, -0.15) is 0 Å². The number of carbonyl (C=O) groups excluding carboxylic acids is 1. The maximum Gasteiger partial charge on any atom is 0.338 e. The molecule has 8 nitrogen and oxygen atoms in total. The van der Waals surface area contributed by atoms with E-state index in [9.17, 15) is 4.79 Å². The predicted molar refractivity (Wildman–Crippen MR) is 246 cm³/mol. The fourth-order valence-corrected chi connectivity index (χ4v) is 13.3. The van der Waals surface area contributed by atoms with E-state index in [4.69, 9.17) is 32.5 Å². The van der Waals surface area contributed by atoms with E-state index in [1.807, 2.05) is 80.6 Å². The highest BCUT2D eigenvalue weighted by atomic mass is 28.4. The molecule has 0 spiro atoms. The van der Waals surface area contributed by atoms with Gasteiger partial charge in [0.2, 0.25) is 0 Å². The Morgan fingerprint density at radius 2 is 1.32 bits per heavy atom. The summed E-state index contributed by atoms with van der Waals surface area (Å²) in [5.74, 6) is -0.601. The van der Waals surface area contributed by atoms with E-state index in [0.717, 1.165) is 11.3 Å². The molecule has 0 amide bonds. The number of ether oxygens (including phenoxy) is 5. The zero-order valence-electron chi connectivity index (χ0n) is 37.9. The first-order chi connectivity index (χ1) is 28.3. The second-order valence-corrected chi connectivity index (χ2v) is 27.8. The Bertz CT molecular complexity index is 1920. The summed E-state index contributed by atoms with van der Waals surface area (Å²) in [6, 6.07) is 38.1. The van der Waals surface area contributed by atoms with Gasteiger partial charge >= 0.3 is 5.97 Å². The third-order valence-corrected chi connectivity index (χ3v) is 21.5. The molecule has 1 unspecified atom stereocenters. The van der Waals surface area contributed by atoms with Crippen molar-refractivity contribution in [3.8, 4) is 5.75 Å². The fourth-order valence-electron chi connectivity index (χ4n) is 7.51. The fraction of sp³-hybridized carbons (Fsp3) is 0.460. The molecule has 0 bridgehead atoms. The van der Waals surface area contributed by atoms with Crippen molar-refractivity contribution in [2.24, 2.45) is 0 Å². The van der Waals surface area contributed by atoms with E-state index >= 15 is 0 Å². The van der Waals surface area contributed by atoms with Gasteiger partial charge in [0.25, 0.3) is 8.32 Å². The molecule has 0 saturated carbocycles. The monoisotopic (exact) mass is 852 g/mol. The largest absolute Gasteiger partial charge is 0.497 e. The van der Waals surface area contributed by atoms with Crippen LogP contribution in [0.1, 0.15) is 84.7 Å². The van der Waals surface area contributed by atoms with Crippen molar-refractivity contribution < 1.29 is 37.3 Å². The highest BCUT2D eigenvalue weighted by molar-refractivity contribution is 6.99. The Morgan fingerprint density at radius 3 is 1.83 bits per heavy atom. The first kappa shape index (κ1) is 47.2. The average molecular weight is 853 g/mol. The van der Waals surface area contributed by atoms with Crippen LogP contribution >= 0.6 is 0 Å². The number of benzene rings is 4. The van der Waals surface area contributed by atoms with Crippen LogP contribution < -0.4 is 15.1 Å². The zero-order chi connectivity index (χ0) is 43.8. The lowest BCUT2D eigenvalue weighted by Crippen LogP contribution is -2.68. The summed E-state index contributed by atoms with van der Waals surface area (Å²) in [6.45, 7) is 24.7. The van der Waals surface area contributed by atoms with Crippen molar-refractivity contribution >= 4 is 33.0 Å². The Hall–Kier alpha value is -3.88. The van der Waals surface area contributed by atoms with E-state index in [-0.39, 0.29) is 10.1 Å². The van der Waals surface area contributed by atoms with Crippen LogP contribution in [-0.4, -0.2) is 72.6 Å². The van der Waals surface area contributed by atoms with Crippen molar-refractivity contribution in [3.05, 3.63) is 139 Å². The second kappa shape index (κ2) is 19.9. The van der Waals surface area contributed by atoms with Crippen molar-refractivity contribution in [2.75, 3.05) is 13.7 Å². The first-order valence-corrected chi connectivity index (χ1v) is 26.1. The van der Waals surface area contributed by atoms with E-state index in [0.29, 0.717) is 25.2 Å². The number of hydrogen-bond acceptors (Lipinski definition) is 8. The van der Waals surface area contributed by atoms with Crippen LogP contribution in [0.3, 0.4) is 0 Å². The van der Waals surface area contributed by atoms with Gasteiger partial charge in [0.1, 0.15) is 24.1 Å². The molecule has 0 N–H and O–H groups in total. The maximum absolute atomic E-state index is 13.9. The third kappa shape index (κ3) is 11.7. The Labute approximate surface area is 361 Å². The van der Waals surface area contributed by atoms with Gasteiger partial charge in [-0.3, -0.25) is 0 Å². The molecule has 5 atom stereocenters. The molecule has 1 heterocycles. The minimum atomic E-state index is -2.99. The van der Waals surface area contributed by atoms with Gasteiger partial charge in [0.05, 0.1) is 31.5 Å². The predicted octanol–water partition coefficient (Wildman–Crippen LogP) is 10.3. The quantitative estimate of drug-likeness (QED) is 0.0556. The highest BCUT2D eigenvalue weighted by Gasteiger charge is 2.52. The molecule has 60 heavy (non-hydrogen) atoms. The lowest BCUT2D eigenvalue weighted by molar-refractivity contribution is -0.153. The minimum absolute atomic E-state index is 0.0588. The highest BCUT2D eigenvalue weighted by Crippen LogP contribution is 2.40. The zero-order valence-corrected chi connectivity index (χ0v) is 39.9. The summed E-state index contributed by atoms with van der Waals surface area (Å²) in [7, 11) is -3.37. The molecule has 1 saturated heterocycles. The Morgan fingerprint density at radius 1 is 0.767 bits per heavy atom. The normalized spacial score (nSPS) is 18.9. The third-order valence-electron chi connectivity index (χ3n) is 11.8. The SMILES string of the molecule is COc1ccc(CO[C@H](C=CC(OC(=O)c2ccccc2)[C@H]2OC(C)(C)O[C@H]2CCO[Si](C)(C)C(C)(C)C)[C@H](C)O[Si](c2ccccc2)(c2ccccc2)C(C)(C)C)cc1. The molecular formula is C50H68O8Si2. The van der Waals surface area contributed by atoms with Gasteiger partial charge < -0.3 is 32.5 Å². The number of esters is 1. The summed E-state index contributed by atoms with van der Waals surface area (Å²) in [4.78, 5) is 13.9. The van der Waals surface area contributed by atoms with Crippen molar-refractivity contribution in [2.45, 2.75) is 135 Å². The molecule has 0 radical (unpaired) electrons. The van der Waals surface area contributed by atoms with Crippen molar-refractivity contribution in [1.29, 1.82) is 0 Å². The van der Waals surface area contributed by atoms with Crippen LogP contribution in [0.4, 0.5) is 0 Å². The van der Waals surface area contributed by atoms with Gasteiger partial charge in [0.15, 0.2) is 14.1 Å². The van der Waals surface area contributed by atoms with Gasteiger partial charge in [-0.1, -0.05) is 139 Å². The number of rotatable bonds is 18. The van der Waals surface area contributed by atoms with Gasteiger partial charge in [-0.05, 0) is 96.6 Å². The van der Waals surface area contributed by atoms with E-state index in [1.54, 1.807) is 19.2 Å². The first-order valence-electron chi connectivity index (χ1n) is 21.2. The number of carbonyl (C=O) groups is 1. The van der Waals surface area contributed by atoms with Gasteiger partial charge in [-0.15, -0.1) is 0 Å². The Balaban J connectivity index is 1.55. The smallest absolute Gasteiger partial charge is 0.338 e. The van der Waals surface area contributed by atoms with Crippen LogP contribution in [0.5, 0.6) is 5.75 Å². The molecule has 5 rings (SSSR count). The van der Waals surface area contributed by atoms with Crippen LogP contribution in [-0.2, 0) is 34.4 Å². The number of hydrogen-bond donors (Lipinski definition) is 0. The maximum atomic E-state index is 13.9. The Kier molecular flexibility index (Phi) is 15.6. The topological polar surface area (TPSA) is 81.7 Å². The summed E-state index contributed by atoms with van der Waals surface area (Å²) in [5, 5.41) is 2.14. The molecule has 1 aliphatic heterocycles. The molecule has 324 valence electrons. The number of methoxy groups -OCH3 is 1. The molecule has 4 aromatic carbocycles. The standard InChI is InChI=1S/C50H68O8Si2/c1-37(58-60(49(5,6)7,41-24-18-14-19-25-41)42-26-20-15-21-27-42)43(53-36-38-28-30-40(52-10)31-29-38)32-33-44(55-47(51)39-22-16-13-17-23-39)46-45(56-50(8,9)57-46)34-35-54-59(11,12)48(2,3)4/h13-33,37,43-46H,34-36H2,1-12H3/t37-,43+,44?,45-,46+/m0/s1. The molecular weight excluding hydrogens is 785 g/mol. The lowest BCUT2D eigenvalue weighted by Gasteiger charge is -2.45. The average Bonchev–Trinajstić information content (AvgIpc) is 3.52.